The molecule has 0 saturated heterocycles. The van der Waals surface area contributed by atoms with Gasteiger partial charge in [-0.05, 0) is 62.4 Å². The van der Waals surface area contributed by atoms with Crippen molar-refractivity contribution < 1.29 is 28.9 Å². The second-order valence-electron chi connectivity index (χ2n) is 6.64. The molecule has 1 heterocycles. The van der Waals surface area contributed by atoms with Crippen molar-refractivity contribution in [2.45, 2.75) is 20.0 Å². The zero-order valence-corrected chi connectivity index (χ0v) is 16.1. The molecule has 3 rings (SSSR count). The van der Waals surface area contributed by atoms with Crippen LogP contribution >= 0.6 is 0 Å². The summed E-state index contributed by atoms with van der Waals surface area (Å²) < 4.78 is 16.2. The molecule has 0 fully saturated rings. The molecule has 6 heteroatoms. The van der Waals surface area contributed by atoms with Gasteiger partial charge in [0.25, 0.3) is 0 Å². The summed E-state index contributed by atoms with van der Waals surface area (Å²) in [7, 11) is 0. The van der Waals surface area contributed by atoms with E-state index in [1.807, 2.05) is 0 Å². The summed E-state index contributed by atoms with van der Waals surface area (Å²) in [5.74, 6) is 0.526. The highest BCUT2D eigenvalue weighted by Gasteiger charge is 2.22. The third-order valence-corrected chi connectivity index (χ3v) is 4.09. The van der Waals surface area contributed by atoms with Crippen LogP contribution in [0.1, 0.15) is 31.1 Å². The van der Waals surface area contributed by atoms with Crippen molar-refractivity contribution >= 4 is 17.7 Å². The third-order valence-electron chi connectivity index (χ3n) is 4.09. The largest absolute Gasteiger partial charge is 0.457 e. The monoisotopic (exact) mass is 392 g/mol. The number of aliphatic hydroxyl groups excluding tert-OH is 1. The highest BCUT2D eigenvalue weighted by molar-refractivity contribution is 5.89. The highest BCUT2D eigenvalue weighted by Crippen LogP contribution is 2.38. The molecular formula is C23H20O6. The van der Waals surface area contributed by atoms with Gasteiger partial charge in [-0.1, -0.05) is 13.2 Å². The van der Waals surface area contributed by atoms with Crippen LogP contribution in [0.4, 0.5) is 0 Å². The quantitative estimate of drug-likeness (QED) is 0.468. The number of carbonyl (C=O) groups excluding carboxylic acids is 2. The summed E-state index contributed by atoms with van der Waals surface area (Å²) in [5, 5.41) is 10.5. The van der Waals surface area contributed by atoms with E-state index in [4.69, 9.17) is 14.2 Å². The number of fused-ring (bicyclic) bond motifs is 1. The lowest BCUT2D eigenvalue weighted by molar-refractivity contribution is -0.130. The van der Waals surface area contributed by atoms with Gasteiger partial charge < -0.3 is 19.3 Å². The molecule has 0 spiro atoms. The lowest BCUT2D eigenvalue weighted by Crippen LogP contribution is -2.11. The zero-order chi connectivity index (χ0) is 21.1. The van der Waals surface area contributed by atoms with Crippen LogP contribution < -0.4 is 14.2 Å². The van der Waals surface area contributed by atoms with E-state index in [-0.39, 0.29) is 5.57 Å². The van der Waals surface area contributed by atoms with Gasteiger partial charge in [-0.15, -0.1) is 0 Å². The lowest BCUT2D eigenvalue weighted by Gasteiger charge is -2.22. The van der Waals surface area contributed by atoms with Crippen LogP contribution in [0.2, 0.25) is 0 Å². The van der Waals surface area contributed by atoms with Gasteiger partial charge in [0, 0.05) is 22.3 Å². The molecule has 0 aliphatic carbocycles. The Hall–Kier alpha value is -3.64. The van der Waals surface area contributed by atoms with Crippen LogP contribution in [0, 0.1) is 0 Å². The minimum atomic E-state index is -0.946. The number of hydrogen-bond donors (Lipinski definition) is 1. The molecular weight excluding hydrogens is 372 g/mol. The molecule has 0 bridgehead atoms. The summed E-state index contributed by atoms with van der Waals surface area (Å²) in [6, 6.07) is 11.4. The second kappa shape index (κ2) is 8.16. The predicted octanol–water partition coefficient (Wildman–Crippen LogP) is 4.12. The van der Waals surface area contributed by atoms with Gasteiger partial charge in [0.15, 0.2) is 0 Å². The third kappa shape index (κ3) is 4.62. The Bertz CT molecular complexity index is 1030. The van der Waals surface area contributed by atoms with Crippen molar-refractivity contribution in [3.63, 3.8) is 0 Å². The van der Waals surface area contributed by atoms with Crippen molar-refractivity contribution in [2.75, 3.05) is 0 Å². The van der Waals surface area contributed by atoms with Crippen molar-refractivity contribution in [1.82, 2.24) is 0 Å². The second-order valence-corrected chi connectivity index (χ2v) is 6.64. The van der Waals surface area contributed by atoms with Gasteiger partial charge in [0.1, 0.15) is 29.1 Å². The summed E-state index contributed by atoms with van der Waals surface area (Å²) >= 11 is 0. The molecule has 1 unspecified atom stereocenters. The van der Waals surface area contributed by atoms with Crippen LogP contribution in [0.15, 0.2) is 72.8 Å². The van der Waals surface area contributed by atoms with E-state index in [0.29, 0.717) is 39.7 Å². The van der Waals surface area contributed by atoms with Crippen molar-refractivity contribution in [3.05, 3.63) is 84.0 Å². The maximum absolute atomic E-state index is 11.7. The standard InChI is InChI=1S/C23H20O6/c1-13(2)22(25)27-16-7-5-15(6-8-16)21-12-19(24)18-11-17(9-10-20(18)29-21)28-23(26)14(3)4/h5-12,19,24H,1,3H2,2,4H3. The average molecular weight is 392 g/mol. The Kier molecular flexibility index (Phi) is 5.66. The number of aliphatic hydroxyl groups is 1. The molecule has 6 nitrogen and oxygen atoms in total. The summed E-state index contributed by atoms with van der Waals surface area (Å²) in [5.41, 5.74) is 1.76. The van der Waals surface area contributed by atoms with Crippen LogP contribution in [0.5, 0.6) is 17.2 Å². The first-order valence-corrected chi connectivity index (χ1v) is 8.82. The van der Waals surface area contributed by atoms with Crippen LogP contribution in [-0.2, 0) is 9.59 Å². The molecule has 29 heavy (non-hydrogen) atoms. The van der Waals surface area contributed by atoms with E-state index in [0.717, 1.165) is 0 Å². The van der Waals surface area contributed by atoms with Crippen molar-refractivity contribution in [2.24, 2.45) is 0 Å². The summed E-state index contributed by atoms with van der Waals surface area (Å²) in [6.07, 6.45) is 0.597. The molecule has 1 N–H and O–H groups in total. The Labute approximate surface area is 168 Å². The molecule has 2 aromatic carbocycles. The Morgan fingerprint density at radius 2 is 1.48 bits per heavy atom. The number of ether oxygens (including phenoxy) is 3. The number of carbonyl (C=O) groups is 2. The predicted molar refractivity (Wildman–Crippen MR) is 107 cm³/mol. The SMILES string of the molecule is C=C(C)C(=O)Oc1ccc(C2=CC(O)c3cc(OC(=O)C(=C)C)ccc3O2)cc1. The number of rotatable bonds is 5. The van der Waals surface area contributed by atoms with Gasteiger partial charge in [-0.2, -0.15) is 0 Å². The Morgan fingerprint density at radius 1 is 0.931 bits per heavy atom. The van der Waals surface area contributed by atoms with E-state index in [2.05, 4.69) is 13.2 Å². The van der Waals surface area contributed by atoms with Crippen molar-refractivity contribution in [1.29, 1.82) is 0 Å². The fourth-order valence-electron chi connectivity index (χ4n) is 2.53. The first-order chi connectivity index (χ1) is 13.7. The molecule has 1 aliphatic rings. The molecule has 0 radical (unpaired) electrons. The molecule has 0 aromatic heterocycles. The lowest BCUT2D eigenvalue weighted by atomic mass is 10.0. The minimum absolute atomic E-state index is 0.277. The summed E-state index contributed by atoms with van der Waals surface area (Å²) in [6.45, 7) is 10.2. The maximum Gasteiger partial charge on any atom is 0.338 e. The summed E-state index contributed by atoms with van der Waals surface area (Å²) in [4.78, 5) is 23.3. The number of benzene rings is 2. The van der Waals surface area contributed by atoms with Crippen LogP contribution in [0.25, 0.3) is 5.76 Å². The molecule has 1 aliphatic heterocycles. The first kappa shape index (κ1) is 20.1. The molecule has 1 atom stereocenters. The fourth-order valence-corrected chi connectivity index (χ4v) is 2.53. The minimum Gasteiger partial charge on any atom is -0.457 e. The van der Waals surface area contributed by atoms with Gasteiger partial charge >= 0.3 is 11.9 Å². The average Bonchev–Trinajstić information content (AvgIpc) is 2.68. The van der Waals surface area contributed by atoms with Gasteiger partial charge in [-0.3, -0.25) is 0 Å². The number of hydrogen-bond acceptors (Lipinski definition) is 6. The topological polar surface area (TPSA) is 82.1 Å². The van der Waals surface area contributed by atoms with Gasteiger partial charge in [0.05, 0.1) is 0 Å². The Balaban J connectivity index is 1.78. The normalized spacial score (nSPS) is 14.7. The Morgan fingerprint density at radius 3 is 2.07 bits per heavy atom. The van der Waals surface area contributed by atoms with E-state index >= 15 is 0 Å². The molecule has 0 amide bonds. The highest BCUT2D eigenvalue weighted by atomic mass is 16.5. The molecule has 2 aromatic rings. The van der Waals surface area contributed by atoms with Crippen LogP contribution in [-0.4, -0.2) is 17.0 Å². The molecule has 148 valence electrons. The van der Waals surface area contributed by atoms with Gasteiger partial charge in [0.2, 0.25) is 0 Å². The van der Waals surface area contributed by atoms with E-state index in [1.165, 1.54) is 0 Å². The van der Waals surface area contributed by atoms with Crippen molar-refractivity contribution in [3.8, 4) is 17.2 Å². The fraction of sp³-hybridized carbons (Fsp3) is 0.130. The zero-order valence-electron chi connectivity index (χ0n) is 16.1. The van der Waals surface area contributed by atoms with Crippen LogP contribution in [0.3, 0.4) is 0 Å². The first-order valence-electron chi connectivity index (χ1n) is 8.82. The van der Waals surface area contributed by atoms with Gasteiger partial charge in [-0.25, -0.2) is 9.59 Å². The maximum atomic E-state index is 11.7. The van der Waals surface area contributed by atoms with E-state index in [1.54, 1.807) is 62.4 Å². The molecule has 0 saturated carbocycles. The van der Waals surface area contributed by atoms with E-state index in [9.17, 15) is 14.7 Å². The smallest absolute Gasteiger partial charge is 0.338 e. The van der Waals surface area contributed by atoms with E-state index < -0.39 is 18.0 Å². The number of esters is 2.